The molecule has 7 heteroatoms. The van der Waals surface area contributed by atoms with Crippen LogP contribution < -0.4 is 15.4 Å². The van der Waals surface area contributed by atoms with Crippen molar-refractivity contribution in [1.29, 1.82) is 0 Å². The van der Waals surface area contributed by atoms with E-state index in [-0.39, 0.29) is 36.8 Å². The minimum Gasteiger partial charge on any atom is -0.496 e. The van der Waals surface area contributed by atoms with Gasteiger partial charge in [-0.3, -0.25) is 4.79 Å². The van der Waals surface area contributed by atoms with Crippen molar-refractivity contribution in [1.82, 2.24) is 10.2 Å². The molecule has 1 saturated heterocycles. The number of nitrogens with zero attached hydrogens (tertiary/aromatic N) is 1. The monoisotopic (exact) mass is 425 g/mol. The van der Waals surface area contributed by atoms with Crippen molar-refractivity contribution in [2.75, 3.05) is 38.6 Å². The summed E-state index contributed by atoms with van der Waals surface area (Å²) in [5, 5.41) is 6.77. The third kappa shape index (κ3) is 5.77. The Morgan fingerprint density at radius 1 is 1.18 bits per heavy atom. The summed E-state index contributed by atoms with van der Waals surface area (Å²) >= 11 is 0. The zero-order chi connectivity index (χ0) is 18.4. The quantitative estimate of drug-likeness (QED) is 0.738. The number of methoxy groups -OCH3 is 1. The fraction of sp³-hybridized carbons (Fsp3) is 0.381. The maximum Gasteiger partial charge on any atom is 0.224 e. The van der Waals surface area contributed by atoms with E-state index < -0.39 is 0 Å². The summed E-state index contributed by atoms with van der Waals surface area (Å²) in [6, 6.07) is 16.1. The van der Waals surface area contributed by atoms with Gasteiger partial charge >= 0.3 is 0 Å². The number of anilines is 1. The first-order valence-electron chi connectivity index (χ1n) is 9.13. The Kier molecular flexibility index (Phi) is 10.1. The van der Waals surface area contributed by atoms with Crippen LogP contribution in [-0.2, 0) is 4.79 Å². The number of aryl methyl sites for hydroxylation is 1. The summed E-state index contributed by atoms with van der Waals surface area (Å²) in [6.07, 6.45) is 0.472. The Bertz CT molecular complexity index is 758. The third-order valence-corrected chi connectivity index (χ3v) is 4.86. The fourth-order valence-electron chi connectivity index (χ4n) is 3.44. The van der Waals surface area contributed by atoms with Crippen LogP contribution in [0, 0.1) is 6.92 Å². The Hall–Kier alpha value is -1.95. The molecule has 2 aromatic rings. The van der Waals surface area contributed by atoms with E-state index in [1.165, 1.54) is 5.56 Å². The zero-order valence-corrected chi connectivity index (χ0v) is 17.9. The van der Waals surface area contributed by atoms with E-state index >= 15 is 0 Å². The highest BCUT2D eigenvalue weighted by Gasteiger charge is 2.29. The summed E-state index contributed by atoms with van der Waals surface area (Å²) in [7, 11) is 1.67. The topological polar surface area (TPSA) is 53.6 Å². The largest absolute Gasteiger partial charge is 0.496 e. The maximum atomic E-state index is 12.9. The van der Waals surface area contributed by atoms with E-state index in [0.717, 1.165) is 30.1 Å². The van der Waals surface area contributed by atoms with Gasteiger partial charge in [0.05, 0.1) is 13.2 Å². The lowest BCUT2D eigenvalue weighted by Crippen LogP contribution is -2.49. The van der Waals surface area contributed by atoms with Crippen LogP contribution in [0.4, 0.5) is 5.69 Å². The normalized spacial score (nSPS) is 15.8. The van der Waals surface area contributed by atoms with Gasteiger partial charge in [-0.2, -0.15) is 0 Å². The Morgan fingerprint density at radius 2 is 1.89 bits per heavy atom. The van der Waals surface area contributed by atoms with Crippen molar-refractivity contribution in [3.05, 3.63) is 59.7 Å². The molecule has 0 radical (unpaired) electrons. The second kappa shape index (κ2) is 11.8. The van der Waals surface area contributed by atoms with E-state index in [9.17, 15) is 4.79 Å². The van der Waals surface area contributed by atoms with Crippen molar-refractivity contribution in [3.63, 3.8) is 0 Å². The molecule has 3 rings (SSSR count). The minimum atomic E-state index is 0. The number of carbonyl (C=O) groups excluding carboxylic acids is 1. The van der Waals surface area contributed by atoms with Gasteiger partial charge in [-0.15, -0.1) is 24.8 Å². The summed E-state index contributed by atoms with van der Waals surface area (Å²) in [4.78, 5) is 14.9. The Balaban J connectivity index is 0.00000196. The fourth-order valence-corrected chi connectivity index (χ4v) is 3.44. The van der Waals surface area contributed by atoms with Gasteiger partial charge in [-0.05, 0) is 24.6 Å². The van der Waals surface area contributed by atoms with Gasteiger partial charge in [0.15, 0.2) is 0 Å². The number of carbonyl (C=O) groups is 1. The summed E-state index contributed by atoms with van der Waals surface area (Å²) in [5.74, 6) is 1.00. The number of amides is 1. The number of benzene rings is 2. The first-order valence-corrected chi connectivity index (χ1v) is 9.13. The number of hydrogen-bond acceptors (Lipinski definition) is 4. The molecular formula is C21H29Cl2N3O2. The van der Waals surface area contributed by atoms with Crippen molar-refractivity contribution in [2.24, 2.45) is 0 Å². The molecule has 5 nitrogen and oxygen atoms in total. The number of halogens is 2. The van der Waals surface area contributed by atoms with Crippen LogP contribution in [0.3, 0.4) is 0 Å². The minimum absolute atomic E-state index is 0. The van der Waals surface area contributed by atoms with Gasteiger partial charge in [-0.1, -0.05) is 36.4 Å². The van der Waals surface area contributed by atoms with Crippen LogP contribution in [0.2, 0.25) is 0 Å². The van der Waals surface area contributed by atoms with E-state index in [2.05, 4.69) is 23.6 Å². The van der Waals surface area contributed by atoms with E-state index in [1.807, 2.05) is 47.4 Å². The van der Waals surface area contributed by atoms with Crippen molar-refractivity contribution < 1.29 is 9.53 Å². The Morgan fingerprint density at radius 3 is 2.64 bits per heavy atom. The van der Waals surface area contributed by atoms with Gasteiger partial charge in [0.2, 0.25) is 5.91 Å². The molecule has 0 bridgehead atoms. The maximum absolute atomic E-state index is 12.9. The predicted octanol–water partition coefficient (Wildman–Crippen LogP) is 3.82. The van der Waals surface area contributed by atoms with Crippen molar-refractivity contribution in [3.8, 4) is 5.75 Å². The highest BCUT2D eigenvalue weighted by molar-refractivity contribution is 5.85. The zero-order valence-electron chi connectivity index (χ0n) is 16.3. The molecule has 1 aliphatic heterocycles. The molecule has 154 valence electrons. The molecule has 1 heterocycles. The molecule has 1 amide bonds. The van der Waals surface area contributed by atoms with Crippen LogP contribution in [0.25, 0.3) is 0 Å². The number of nitrogens with one attached hydrogen (secondary N) is 2. The molecule has 0 aromatic heterocycles. The molecule has 1 unspecified atom stereocenters. The smallest absolute Gasteiger partial charge is 0.224 e. The molecule has 28 heavy (non-hydrogen) atoms. The number of rotatable bonds is 6. The molecule has 0 aliphatic carbocycles. The lowest BCUT2D eigenvalue weighted by Gasteiger charge is -2.37. The van der Waals surface area contributed by atoms with Crippen molar-refractivity contribution >= 4 is 36.4 Å². The van der Waals surface area contributed by atoms with Gasteiger partial charge in [0.25, 0.3) is 0 Å². The second-order valence-corrected chi connectivity index (χ2v) is 6.54. The van der Waals surface area contributed by atoms with Crippen LogP contribution in [0.15, 0.2) is 48.5 Å². The molecule has 0 spiro atoms. The van der Waals surface area contributed by atoms with Gasteiger partial charge < -0.3 is 20.3 Å². The number of ether oxygens (including phenoxy) is 1. The first-order chi connectivity index (χ1) is 12.7. The van der Waals surface area contributed by atoms with Gasteiger partial charge in [0.1, 0.15) is 5.75 Å². The number of hydrogen-bond donors (Lipinski definition) is 2. The average molecular weight is 426 g/mol. The highest BCUT2D eigenvalue weighted by atomic mass is 35.5. The van der Waals surface area contributed by atoms with Gasteiger partial charge in [-0.25, -0.2) is 0 Å². The highest BCUT2D eigenvalue weighted by Crippen LogP contribution is 2.30. The van der Waals surface area contributed by atoms with Gasteiger partial charge in [0, 0.05) is 43.9 Å². The summed E-state index contributed by atoms with van der Waals surface area (Å²) in [6.45, 7) is 4.98. The lowest BCUT2D eigenvalue weighted by molar-refractivity contribution is -0.134. The van der Waals surface area contributed by atoms with Crippen LogP contribution >= 0.6 is 24.8 Å². The molecule has 1 atom stereocenters. The molecular weight excluding hydrogens is 397 g/mol. The van der Waals surface area contributed by atoms with Crippen LogP contribution in [0.1, 0.15) is 23.6 Å². The summed E-state index contributed by atoms with van der Waals surface area (Å²) < 4.78 is 5.50. The van der Waals surface area contributed by atoms with Crippen LogP contribution in [0.5, 0.6) is 5.75 Å². The molecule has 2 N–H and O–H groups in total. The molecule has 1 aliphatic rings. The molecule has 0 saturated carbocycles. The average Bonchev–Trinajstić information content (AvgIpc) is 2.69. The Labute approximate surface area is 179 Å². The second-order valence-electron chi connectivity index (χ2n) is 6.54. The van der Waals surface area contributed by atoms with Crippen molar-refractivity contribution in [2.45, 2.75) is 19.4 Å². The van der Waals surface area contributed by atoms with E-state index in [4.69, 9.17) is 4.74 Å². The van der Waals surface area contributed by atoms with E-state index in [0.29, 0.717) is 19.5 Å². The first kappa shape index (κ1) is 24.1. The summed E-state index contributed by atoms with van der Waals surface area (Å²) in [5.41, 5.74) is 3.33. The van der Waals surface area contributed by atoms with E-state index in [1.54, 1.807) is 7.11 Å². The predicted molar refractivity (Wildman–Crippen MR) is 119 cm³/mol. The lowest BCUT2D eigenvalue weighted by atomic mass is 10.0. The number of para-hydroxylation sites is 2. The molecule has 1 fully saturated rings. The third-order valence-electron chi connectivity index (χ3n) is 4.86. The number of piperazine rings is 1. The SMILES string of the molecule is COc1ccccc1C1CNCCN1C(=O)CCNc1ccccc1C.Cl.Cl. The standard InChI is InChI=1S/C21H27N3O2.2ClH/c1-16-7-3-5-9-18(16)23-12-11-21(25)24-14-13-22-15-19(24)17-8-4-6-10-20(17)26-2;;/h3-10,19,22-23H,11-15H2,1-2H3;2*1H. The van der Waals surface area contributed by atoms with Crippen LogP contribution in [-0.4, -0.2) is 44.1 Å². The molecule has 2 aromatic carbocycles.